The van der Waals surface area contributed by atoms with Crippen molar-refractivity contribution in [2.45, 2.75) is 43.7 Å². The fourth-order valence-electron chi connectivity index (χ4n) is 2.81. The molecule has 1 aliphatic rings. The fourth-order valence-corrected chi connectivity index (χ4v) is 2.81. The van der Waals surface area contributed by atoms with Crippen LogP contribution in [0, 0.1) is 0 Å². The van der Waals surface area contributed by atoms with Gasteiger partial charge in [0.05, 0.1) is 12.6 Å². The molecule has 1 aromatic heterocycles. The van der Waals surface area contributed by atoms with E-state index >= 15 is 0 Å². The zero-order valence-electron chi connectivity index (χ0n) is 13.2. The van der Waals surface area contributed by atoms with Gasteiger partial charge in [-0.15, -0.1) is 0 Å². The zero-order chi connectivity index (χ0) is 18.0. The molecule has 0 aromatic carbocycles. The smallest absolute Gasteiger partial charge is 0.303 e. The summed E-state index contributed by atoms with van der Waals surface area (Å²) in [6, 6.07) is -2.21. The number of hydrogen-bond donors (Lipinski definition) is 1. The van der Waals surface area contributed by atoms with Gasteiger partial charge in [-0.1, -0.05) is 0 Å². The molecule has 0 spiro atoms. The summed E-state index contributed by atoms with van der Waals surface area (Å²) < 4.78 is 77.7. The molecule has 138 valence electrons. The van der Waals surface area contributed by atoms with E-state index in [0.717, 1.165) is 0 Å². The Hall–Kier alpha value is -1.29. The maximum absolute atomic E-state index is 13.3. The van der Waals surface area contributed by atoms with E-state index in [1.54, 1.807) is 4.90 Å². The molecule has 1 fully saturated rings. The molecule has 1 saturated heterocycles. The minimum Gasteiger partial charge on any atom is -0.303 e. The van der Waals surface area contributed by atoms with Crippen molar-refractivity contribution in [3.05, 3.63) is 18.0 Å². The Balaban J connectivity index is 1.89. The van der Waals surface area contributed by atoms with E-state index < -0.39 is 24.8 Å². The summed E-state index contributed by atoms with van der Waals surface area (Å²) >= 11 is 0. The Morgan fingerprint density at radius 1 is 1.21 bits per heavy atom. The number of rotatable bonds is 5. The second-order valence-corrected chi connectivity index (χ2v) is 6.07. The van der Waals surface area contributed by atoms with Gasteiger partial charge in [-0.05, 0) is 25.9 Å². The first-order chi connectivity index (χ1) is 11.0. The van der Waals surface area contributed by atoms with E-state index in [1.807, 2.05) is 0 Å². The topological polar surface area (TPSA) is 33.1 Å². The van der Waals surface area contributed by atoms with Gasteiger partial charge in [0.25, 0.3) is 0 Å². The van der Waals surface area contributed by atoms with Crippen molar-refractivity contribution in [3.63, 3.8) is 0 Å². The van der Waals surface area contributed by atoms with E-state index in [4.69, 9.17) is 0 Å². The first-order valence-electron chi connectivity index (χ1n) is 7.65. The number of halogens is 6. The van der Waals surface area contributed by atoms with Crippen LogP contribution in [0.4, 0.5) is 26.3 Å². The van der Waals surface area contributed by atoms with Crippen molar-refractivity contribution in [1.29, 1.82) is 0 Å². The van der Waals surface area contributed by atoms with Gasteiger partial charge in [-0.2, -0.15) is 31.4 Å². The van der Waals surface area contributed by atoms with Crippen LogP contribution in [0.25, 0.3) is 0 Å². The number of piperidine rings is 1. The molecule has 0 saturated carbocycles. The van der Waals surface area contributed by atoms with Crippen LogP contribution < -0.4 is 5.32 Å². The minimum absolute atomic E-state index is 0.0319. The van der Waals surface area contributed by atoms with Gasteiger partial charge in [-0.25, -0.2) is 0 Å². The van der Waals surface area contributed by atoms with Gasteiger partial charge in [-0.3, -0.25) is 10.00 Å². The van der Waals surface area contributed by atoms with E-state index in [-0.39, 0.29) is 18.2 Å². The van der Waals surface area contributed by atoms with E-state index in [1.165, 1.54) is 24.1 Å². The average molecular weight is 358 g/mol. The molecule has 0 unspecified atom stereocenters. The summed E-state index contributed by atoms with van der Waals surface area (Å²) in [6.45, 7) is 0.595. The number of hydrogen-bond acceptors (Lipinski definition) is 3. The van der Waals surface area contributed by atoms with Gasteiger partial charge in [0, 0.05) is 31.4 Å². The predicted molar refractivity (Wildman–Crippen MR) is 75.3 cm³/mol. The lowest BCUT2D eigenvalue weighted by Crippen LogP contribution is -2.47. The number of aryl methyl sites for hydroxylation is 1. The molecule has 4 nitrogen and oxygen atoms in total. The van der Waals surface area contributed by atoms with Crippen LogP contribution in [0.1, 0.15) is 30.9 Å². The van der Waals surface area contributed by atoms with Crippen molar-refractivity contribution in [1.82, 2.24) is 20.0 Å². The summed E-state index contributed by atoms with van der Waals surface area (Å²) in [6.07, 6.45) is -6.33. The van der Waals surface area contributed by atoms with Crippen molar-refractivity contribution in [3.8, 4) is 0 Å². The predicted octanol–water partition coefficient (Wildman–Crippen LogP) is 3.03. The Morgan fingerprint density at radius 2 is 1.83 bits per heavy atom. The van der Waals surface area contributed by atoms with Crippen molar-refractivity contribution >= 4 is 0 Å². The highest BCUT2D eigenvalue weighted by atomic mass is 19.4. The summed E-state index contributed by atoms with van der Waals surface area (Å²) in [5, 5.41) is 6.36. The molecular weight excluding hydrogens is 338 g/mol. The number of alkyl halides is 6. The van der Waals surface area contributed by atoms with Gasteiger partial charge >= 0.3 is 12.4 Å². The van der Waals surface area contributed by atoms with Crippen LogP contribution in [0.3, 0.4) is 0 Å². The highest BCUT2D eigenvalue weighted by molar-refractivity contribution is 5.13. The average Bonchev–Trinajstić information content (AvgIpc) is 2.88. The quantitative estimate of drug-likeness (QED) is 0.822. The second-order valence-electron chi connectivity index (χ2n) is 6.07. The lowest BCUT2D eigenvalue weighted by atomic mass is 10.0. The lowest BCUT2D eigenvalue weighted by molar-refractivity contribution is -0.161. The summed E-state index contributed by atoms with van der Waals surface area (Å²) in [5.41, 5.74) is 0.0319. The molecule has 2 rings (SSSR count). The molecule has 1 N–H and O–H groups in total. The molecule has 1 aliphatic heterocycles. The Bertz CT molecular complexity index is 516. The van der Waals surface area contributed by atoms with Gasteiger partial charge < -0.3 is 4.90 Å². The SMILES string of the molecule is Cn1cc([C@@H](NC2CCN(CCC(F)(F)F)CC2)C(F)(F)F)cn1. The van der Waals surface area contributed by atoms with Crippen LogP contribution >= 0.6 is 0 Å². The Kier molecular flexibility index (Phi) is 5.79. The number of nitrogens with zero attached hydrogens (tertiary/aromatic N) is 3. The summed E-state index contributed by atoms with van der Waals surface area (Å²) in [5.74, 6) is 0. The van der Waals surface area contributed by atoms with Crippen molar-refractivity contribution in [2.75, 3.05) is 19.6 Å². The number of aromatic nitrogens is 2. The van der Waals surface area contributed by atoms with Crippen LogP contribution in [-0.2, 0) is 7.05 Å². The van der Waals surface area contributed by atoms with E-state index in [2.05, 4.69) is 10.4 Å². The van der Waals surface area contributed by atoms with Gasteiger partial charge in [0.1, 0.15) is 6.04 Å². The number of nitrogens with one attached hydrogen (secondary N) is 1. The minimum atomic E-state index is -4.46. The van der Waals surface area contributed by atoms with Crippen LogP contribution in [0.15, 0.2) is 12.4 Å². The first kappa shape index (κ1) is 19.0. The normalized spacial score (nSPS) is 19.6. The standard InChI is InChI=1S/C14H20F6N4/c1-23-9-10(8-21-23)12(14(18,19)20)22-11-2-5-24(6-3-11)7-4-13(15,16)17/h8-9,11-12,22H,2-7H2,1H3/t12-/m1/s1. The molecular formula is C14H20F6N4. The molecule has 10 heteroatoms. The molecule has 0 amide bonds. The molecule has 0 radical (unpaired) electrons. The van der Waals surface area contributed by atoms with Crippen LogP contribution in [0.5, 0.6) is 0 Å². The molecule has 0 bridgehead atoms. The molecule has 2 heterocycles. The monoisotopic (exact) mass is 358 g/mol. The van der Waals surface area contributed by atoms with Crippen LogP contribution in [0.2, 0.25) is 0 Å². The third-order valence-corrected chi connectivity index (χ3v) is 4.09. The third-order valence-electron chi connectivity index (χ3n) is 4.09. The highest BCUT2D eigenvalue weighted by Gasteiger charge is 2.42. The zero-order valence-corrected chi connectivity index (χ0v) is 13.2. The van der Waals surface area contributed by atoms with E-state index in [0.29, 0.717) is 25.9 Å². The fraction of sp³-hybridized carbons (Fsp3) is 0.786. The maximum atomic E-state index is 13.3. The molecule has 24 heavy (non-hydrogen) atoms. The Morgan fingerprint density at radius 3 is 2.29 bits per heavy atom. The third kappa shape index (κ3) is 5.66. The largest absolute Gasteiger partial charge is 0.408 e. The molecule has 1 atom stereocenters. The number of likely N-dealkylation sites (tertiary alicyclic amines) is 1. The first-order valence-corrected chi connectivity index (χ1v) is 7.65. The van der Waals surface area contributed by atoms with Gasteiger partial charge in [0.15, 0.2) is 0 Å². The van der Waals surface area contributed by atoms with Crippen molar-refractivity contribution in [2.24, 2.45) is 7.05 Å². The Labute approximate surface area is 135 Å². The lowest BCUT2D eigenvalue weighted by Gasteiger charge is -2.35. The highest BCUT2D eigenvalue weighted by Crippen LogP contribution is 2.33. The van der Waals surface area contributed by atoms with Crippen molar-refractivity contribution < 1.29 is 26.3 Å². The molecule has 0 aliphatic carbocycles. The maximum Gasteiger partial charge on any atom is 0.408 e. The second kappa shape index (κ2) is 7.30. The van der Waals surface area contributed by atoms with E-state index in [9.17, 15) is 26.3 Å². The van der Waals surface area contributed by atoms with Gasteiger partial charge in [0.2, 0.25) is 0 Å². The molecule has 1 aromatic rings. The van der Waals surface area contributed by atoms with Crippen LogP contribution in [-0.4, -0.2) is 52.7 Å². The summed E-state index contributed by atoms with van der Waals surface area (Å²) in [7, 11) is 1.54. The summed E-state index contributed by atoms with van der Waals surface area (Å²) in [4.78, 5) is 1.64.